The summed E-state index contributed by atoms with van der Waals surface area (Å²) in [5, 5.41) is 0. The molecule has 134 valence electrons. The van der Waals surface area contributed by atoms with Crippen molar-refractivity contribution < 1.29 is 23.3 Å². The van der Waals surface area contributed by atoms with Crippen LogP contribution in [0.1, 0.15) is 37.7 Å². The van der Waals surface area contributed by atoms with Gasteiger partial charge in [-0.1, -0.05) is 12.6 Å². The molecule has 1 heterocycles. The fourth-order valence-corrected chi connectivity index (χ4v) is 5.64. The Morgan fingerprint density at radius 2 is 1.68 bits per heavy atom. The average molecular weight is 348 g/mol. The fraction of sp³-hybridized carbons (Fsp3) is 0.600. The zero-order chi connectivity index (χ0) is 17.2. The maximum absolute atomic E-state index is 13.5. The topological polar surface area (TPSA) is 27.7 Å². The summed E-state index contributed by atoms with van der Waals surface area (Å²) in [4.78, 5) is 11.6. The van der Waals surface area contributed by atoms with E-state index in [1.165, 1.54) is 12.5 Å². The monoisotopic (exact) mass is 348 g/mol. The molecule has 1 aromatic rings. The first-order valence-electron chi connectivity index (χ1n) is 9.18. The van der Waals surface area contributed by atoms with Gasteiger partial charge in [0.1, 0.15) is 6.10 Å². The summed E-state index contributed by atoms with van der Waals surface area (Å²) in [6.07, 6.45) is 5.49. The molecule has 1 spiro atoms. The van der Waals surface area contributed by atoms with E-state index in [0.717, 1.165) is 49.7 Å². The largest absolute Gasteiger partial charge is 0.344 e. The molecule has 5 aliphatic rings. The van der Waals surface area contributed by atoms with Gasteiger partial charge in [-0.2, -0.15) is 4.89 Å². The molecule has 1 aromatic carbocycles. The molecule has 0 aromatic heterocycles. The Labute approximate surface area is 145 Å². The minimum Gasteiger partial charge on any atom is -0.344 e. The first kappa shape index (κ1) is 15.9. The Morgan fingerprint density at radius 3 is 2.24 bits per heavy atom. The van der Waals surface area contributed by atoms with Gasteiger partial charge in [-0.05, 0) is 67.2 Å². The van der Waals surface area contributed by atoms with Gasteiger partial charge >= 0.3 is 0 Å². The van der Waals surface area contributed by atoms with Crippen LogP contribution in [0.5, 0.6) is 0 Å². The quantitative estimate of drug-likeness (QED) is 0.738. The van der Waals surface area contributed by atoms with Crippen LogP contribution < -0.4 is 0 Å². The number of hydrogen-bond acceptors (Lipinski definition) is 3. The molecular formula is C20H22F2O3. The van der Waals surface area contributed by atoms with Crippen molar-refractivity contribution in [2.24, 2.45) is 23.7 Å². The van der Waals surface area contributed by atoms with Crippen LogP contribution in [-0.4, -0.2) is 18.5 Å². The number of halogens is 2. The van der Waals surface area contributed by atoms with Crippen LogP contribution in [0.15, 0.2) is 24.8 Å². The van der Waals surface area contributed by atoms with Gasteiger partial charge in [-0.15, -0.1) is 0 Å². The standard InChI is InChI=1S/C20H22F2O3/c1-11(14-2-3-17(21)18(22)9-14)19-10-23-20(25-24-19)15-5-12-4-13(7-15)8-16(20)6-12/h2-3,9,12-13,15-16,19H,1,4-8,10H2. The van der Waals surface area contributed by atoms with Gasteiger partial charge < -0.3 is 4.74 Å². The lowest BCUT2D eigenvalue weighted by Gasteiger charge is -2.60. The summed E-state index contributed by atoms with van der Waals surface area (Å²) >= 11 is 0. The highest BCUT2D eigenvalue weighted by atomic mass is 19.2. The summed E-state index contributed by atoms with van der Waals surface area (Å²) in [7, 11) is 0. The molecule has 1 unspecified atom stereocenters. The van der Waals surface area contributed by atoms with Gasteiger partial charge in [-0.25, -0.2) is 13.7 Å². The highest BCUT2D eigenvalue weighted by molar-refractivity contribution is 5.66. The van der Waals surface area contributed by atoms with Gasteiger partial charge in [0.25, 0.3) is 0 Å². The van der Waals surface area contributed by atoms with E-state index in [1.54, 1.807) is 0 Å². The second-order valence-corrected chi connectivity index (χ2v) is 8.16. The molecule has 0 radical (unpaired) electrons. The zero-order valence-corrected chi connectivity index (χ0v) is 14.0. The van der Waals surface area contributed by atoms with E-state index in [1.807, 2.05) is 0 Å². The highest BCUT2D eigenvalue weighted by Crippen LogP contribution is 2.60. The lowest BCUT2D eigenvalue weighted by molar-refractivity contribution is -0.517. The van der Waals surface area contributed by atoms with Crippen molar-refractivity contribution in [1.82, 2.24) is 0 Å². The van der Waals surface area contributed by atoms with Crippen molar-refractivity contribution >= 4 is 5.57 Å². The maximum Gasteiger partial charge on any atom is 0.207 e. The van der Waals surface area contributed by atoms with E-state index in [9.17, 15) is 8.78 Å². The summed E-state index contributed by atoms with van der Waals surface area (Å²) in [5.74, 6) is 0.0564. The van der Waals surface area contributed by atoms with Crippen LogP contribution in [-0.2, 0) is 14.5 Å². The summed E-state index contributed by atoms with van der Waals surface area (Å²) in [5.41, 5.74) is 1.04. The van der Waals surface area contributed by atoms with E-state index in [2.05, 4.69) is 6.58 Å². The Kier molecular flexibility index (Phi) is 3.56. The first-order chi connectivity index (χ1) is 12.0. The average Bonchev–Trinajstić information content (AvgIpc) is 2.61. The molecule has 6 rings (SSSR count). The SMILES string of the molecule is C=C(c1ccc(F)c(F)c1)C1COC2(OO1)C1CC3CC(C1)CC2C3. The minimum absolute atomic E-state index is 0.333. The summed E-state index contributed by atoms with van der Waals surface area (Å²) in [6.45, 7) is 4.30. The second-order valence-electron chi connectivity index (χ2n) is 8.16. The third-order valence-electron chi connectivity index (χ3n) is 6.71. The Hall–Kier alpha value is -1.30. The van der Waals surface area contributed by atoms with Crippen molar-refractivity contribution in [1.29, 1.82) is 0 Å². The molecular weight excluding hydrogens is 326 g/mol. The summed E-state index contributed by atoms with van der Waals surface area (Å²) in [6, 6.07) is 3.73. The Morgan fingerprint density at radius 1 is 1.00 bits per heavy atom. The Balaban J connectivity index is 1.31. The molecule has 1 aliphatic heterocycles. The predicted octanol–water partition coefficient (Wildman–Crippen LogP) is 4.48. The second kappa shape index (κ2) is 5.60. The first-order valence-corrected chi connectivity index (χ1v) is 9.18. The van der Waals surface area contributed by atoms with Crippen LogP contribution in [0.25, 0.3) is 5.57 Å². The molecule has 1 atom stereocenters. The fourth-order valence-electron chi connectivity index (χ4n) is 5.64. The van der Waals surface area contributed by atoms with Crippen molar-refractivity contribution in [3.8, 4) is 0 Å². The van der Waals surface area contributed by atoms with E-state index in [0.29, 0.717) is 29.6 Å². The van der Waals surface area contributed by atoms with Crippen molar-refractivity contribution in [3.63, 3.8) is 0 Å². The minimum atomic E-state index is -0.895. The summed E-state index contributed by atoms with van der Waals surface area (Å²) < 4.78 is 32.9. The zero-order valence-electron chi connectivity index (χ0n) is 14.0. The van der Waals surface area contributed by atoms with Crippen LogP contribution >= 0.6 is 0 Å². The smallest absolute Gasteiger partial charge is 0.207 e. The van der Waals surface area contributed by atoms with Gasteiger partial charge in [0.2, 0.25) is 5.79 Å². The third kappa shape index (κ3) is 2.40. The maximum atomic E-state index is 13.5. The molecule has 4 saturated carbocycles. The van der Waals surface area contributed by atoms with Crippen LogP contribution in [0.2, 0.25) is 0 Å². The molecule has 1 saturated heterocycles. The van der Waals surface area contributed by atoms with Crippen LogP contribution in [0.3, 0.4) is 0 Å². The van der Waals surface area contributed by atoms with Gasteiger partial charge in [0.15, 0.2) is 11.6 Å². The van der Waals surface area contributed by atoms with E-state index < -0.39 is 23.5 Å². The van der Waals surface area contributed by atoms with Gasteiger partial charge in [-0.3, -0.25) is 0 Å². The lowest BCUT2D eigenvalue weighted by atomic mass is 9.53. The van der Waals surface area contributed by atoms with Crippen LogP contribution in [0.4, 0.5) is 8.78 Å². The van der Waals surface area contributed by atoms with Crippen molar-refractivity contribution in [2.45, 2.75) is 44.0 Å². The number of hydrogen-bond donors (Lipinski definition) is 0. The molecule has 5 heteroatoms. The highest BCUT2D eigenvalue weighted by Gasteiger charge is 2.61. The third-order valence-corrected chi connectivity index (χ3v) is 6.71. The molecule has 0 N–H and O–H groups in total. The van der Waals surface area contributed by atoms with Crippen molar-refractivity contribution in [2.75, 3.05) is 6.61 Å². The molecule has 0 amide bonds. The number of rotatable bonds is 2. The van der Waals surface area contributed by atoms with E-state index in [4.69, 9.17) is 14.5 Å². The molecule has 4 aliphatic carbocycles. The van der Waals surface area contributed by atoms with Crippen molar-refractivity contribution in [3.05, 3.63) is 42.0 Å². The van der Waals surface area contributed by atoms with Gasteiger partial charge in [0.05, 0.1) is 6.61 Å². The van der Waals surface area contributed by atoms with E-state index in [-0.39, 0.29) is 0 Å². The molecule has 25 heavy (non-hydrogen) atoms. The molecule has 5 fully saturated rings. The van der Waals surface area contributed by atoms with E-state index >= 15 is 0 Å². The number of ether oxygens (including phenoxy) is 1. The predicted molar refractivity (Wildman–Crippen MR) is 87.1 cm³/mol. The lowest BCUT2D eigenvalue weighted by Crippen LogP contribution is -2.63. The number of benzene rings is 1. The van der Waals surface area contributed by atoms with Gasteiger partial charge in [0, 0.05) is 11.8 Å². The Bertz CT molecular complexity index is 679. The van der Waals surface area contributed by atoms with Crippen LogP contribution in [0, 0.1) is 35.3 Å². The normalized spacial score (nSPS) is 42.1. The molecule has 4 bridgehead atoms. The molecule has 3 nitrogen and oxygen atoms in total.